The average Bonchev–Trinajstić information content (AvgIpc) is 2.99. The third kappa shape index (κ3) is 3.01. The molecule has 1 aliphatic rings. The lowest BCUT2D eigenvalue weighted by atomic mass is 9.60. The number of nitrogens with two attached hydrogens (primary N) is 2. The van der Waals surface area contributed by atoms with E-state index in [1.54, 1.807) is 0 Å². The first-order valence-corrected chi connectivity index (χ1v) is 9.15. The summed E-state index contributed by atoms with van der Waals surface area (Å²) in [5.74, 6) is 10.1. The molecule has 6 nitrogen and oxygen atoms in total. The third-order valence-corrected chi connectivity index (χ3v) is 5.90. The highest BCUT2D eigenvalue weighted by Crippen LogP contribution is 2.57. The molecule has 6 N–H and O–H groups in total. The van der Waals surface area contributed by atoms with E-state index in [4.69, 9.17) is 11.7 Å². The summed E-state index contributed by atoms with van der Waals surface area (Å²) in [6, 6.07) is 16.4. The second-order valence-corrected chi connectivity index (χ2v) is 7.31. The van der Waals surface area contributed by atoms with Crippen LogP contribution in [0.15, 0.2) is 48.5 Å². The van der Waals surface area contributed by atoms with Gasteiger partial charge in [-0.2, -0.15) is 0 Å². The van der Waals surface area contributed by atoms with Crippen LogP contribution >= 0.6 is 0 Å². The van der Waals surface area contributed by atoms with Crippen LogP contribution in [0.4, 0.5) is 0 Å². The summed E-state index contributed by atoms with van der Waals surface area (Å²) >= 11 is 0. The summed E-state index contributed by atoms with van der Waals surface area (Å²) in [6.45, 7) is 4.09. The molecule has 6 heteroatoms. The maximum Gasteiger partial charge on any atom is 0.234 e. The molecule has 0 aromatic heterocycles. The Kier molecular flexibility index (Phi) is 5.30. The van der Waals surface area contributed by atoms with Gasteiger partial charge in [0.1, 0.15) is 0 Å². The average molecular weight is 366 g/mol. The molecule has 0 heterocycles. The molecule has 0 saturated carbocycles. The molecule has 2 amide bonds. The van der Waals surface area contributed by atoms with Crippen LogP contribution in [0.2, 0.25) is 0 Å². The fourth-order valence-electron chi connectivity index (χ4n) is 4.85. The Hall–Kier alpha value is -2.70. The summed E-state index contributed by atoms with van der Waals surface area (Å²) < 4.78 is 0. The third-order valence-electron chi connectivity index (χ3n) is 5.90. The van der Waals surface area contributed by atoms with Crippen molar-refractivity contribution in [1.29, 1.82) is 0 Å². The SMILES string of the molecule is CC(CC(=O)NN)C1(C(C)CC(=O)NN)c2ccccc2-c2ccccc21. The predicted octanol–water partition coefficient (Wildman–Crippen LogP) is 1.99. The van der Waals surface area contributed by atoms with Gasteiger partial charge in [-0.3, -0.25) is 20.4 Å². The first-order valence-electron chi connectivity index (χ1n) is 9.15. The molecule has 3 rings (SSSR count). The minimum atomic E-state index is -0.494. The first kappa shape index (κ1) is 19.1. The Balaban J connectivity index is 2.23. The number of carbonyl (C=O) groups excluding carboxylic acids is 2. The van der Waals surface area contributed by atoms with Crippen LogP contribution in [0.1, 0.15) is 37.8 Å². The molecule has 2 aromatic carbocycles. The minimum absolute atomic E-state index is 0.0774. The normalized spacial score (nSPS) is 16.0. The lowest BCUT2D eigenvalue weighted by Crippen LogP contribution is -2.45. The number of hydrogen-bond donors (Lipinski definition) is 4. The fourth-order valence-corrected chi connectivity index (χ4v) is 4.85. The number of amides is 2. The number of rotatable bonds is 6. The predicted molar refractivity (Wildman–Crippen MR) is 105 cm³/mol. The Morgan fingerprint density at radius 2 is 1.19 bits per heavy atom. The topological polar surface area (TPSA) is 110 Å². The van der Waals surface area contributed by atoms with Gasteiger partial charge in [-0.25, -0.2) is 11.7 Å². The van der Waals surface area contributed by atoms with Crippen molar-refractivity contribution in [1.82, 2.24) is 10.9 Å². The molecular weight excluding hydrogens is 340 g/mol. The van der Waals surface area contributed by atoms with E-state index in [9.17, 15) is 9.59 Å². The Morgan fingerprint density at radius 1 is 0.815 bits per heavy atom. The molecule has 0 spiro atoms. The fraction of sp³-hybridized carbons (Fsp3) is 0.333. The summed E-state index contributed by atoms with van der Waals surface area (Å²) in [5, 5.41) is 0. The van der Waals surface area contributed by atoms with Gasteiger partial charge in [-0.05, 0) is 34.1 Å². The number of nitrogens with one attached hydrogen (secondary N) is 2. The molecular formula is C21H26N4O2. The van der Waals surface area contributed by atoms with Crippen LogP contribution in [0.3, 0.4) is 0 Å². The number of fused-ring (bicyclic) bond motifs is 3. The van der Waals surface area contributed by atoms with Gasteiger partial charge < -0.3 is 0 Å². The van der Waals surface area contributed by atoms with E-state index >= 15 is 0 Å². The van der Waals surface area contributed by atoms with Crippen molar-refractivity contribution >= 4 is 11.8 Å². The maximum atomic E-state index is 12.1. The molecule has 2 aromatic rings. The number of hydrazine groups is 2. The monoisotopic (exact) mass is 366 g/mol. The molecule has 1 aliphatic carbocycles. The highest BCUT2D eigenvalue weighted by molar-refractivity contribution is 5.84. The highest BCUT2D eigenvalue weighted by atomic mass is 16.2. The van der Waals surface area contributed by atoms with Crippen LogP contribution in [-0.4, -0.2) is 11.8 Å². The Morgan fingerprint density at radius 3 is 1.56 bits per heavy atom. The van der Waals surface area contributed by atoms with Gasteiger partial charge in [-0.1, -0.05) is 62.4 Å². The second kappa shape index (κ2) is 7.50. The molecule has 27 heavy (non-hydrogen) atoms. The van der Waals surface area contributed by atoms with Crippen molar-refractivity contribution in [2.24, 2.45) is 23.5 Å². The number of hydrogen-bond acceptors (Lipinski definition) is 4. The van der Waals surface area contributed by atoms with E-state index in [-0.39, 0.29) is 36.5 Å². The van der Waals surface area contributed by atoms with Gasteiger partial charge in [0, 0.05) is 18.3 Å². The molecule has 2 atom stereocenters. The maximum absolute atomic E-state index is 12.1. The van der Waals surface area contributed by atoms with E-state index in [0.29, 0.717) is 0 Å². The number of benzene rings is 2. The van der Waals surface area contributed by atoms with Gasteiger partial charge >= 0.3 is 0 Å². The van der Waals surface area contributed by atoms with Crippen molar-refractivity contribution in [3.05, 3.63) is 59.7 Å². The number of carbonyl (C=O) groups is 2. The van der Waals surface area contributed by atoms with Crippen molar-refractivity contribution in [2.75, 3.05) is 0 Å². The summed E-state index contributed by atoms with van der Waals surface area (Å²) in [6.07, 6.45) is 0.515. The van der Waals surface area contributed by atoms with E-state index in [2.05, 4.69) is 35.1 Å². The zero-order valence-corrected chi connectivity index (χ0v) is 15.7. The molecule has 0 bridgehead atoms. The van der Waals surface area contributed by atoms with Gasteiger partial charge in [0.25, 0.3) is 0 Å². The Labute approximate surface area is 159 Å². The summed E-state index contributed by atoms with van der Waals surface area (Å²) in [5.41, 5.74) is 8.55. The zero-order valence-electron chi connectivity index (χ0n) is 15.7. The van der Waals surface area contributed by atoms with Crippen LogP contribution < -0.4 is 22.5 Å². The largest absolute Gasteiger partial charge is 0.294 e. The van der Waals surface area contributed by atoms with Crippen molar-refractivity contribution in [2.45, 2.75) is 32.1 Å². The molecule has 142 valence electrons. The first-order chi connectivity index (χ1) is 13.0. The molecule has 0 aliphatic heterocycles. The van der Waals surface area contributed by atoms with Crippen LogP contribution in [-0.2, 0) is 15.0 Å². The van der Waals surface area contributed by atoms with Crippen molar-refractivity contribution in [3.63, 3.8) is 0 Å². The van der Waals surface area contributed by atoms with Gasteiger partial charge in [-0.15, -0.1) is 0 Å². The summed E-state index contributed by atoms with van der Waals surface area (Å²) in [4.78, 5) is 24.2. The van der Waals surface area contributed by atoms with E-state index in [1.807, 2.05) is 38.1 Å². The van der Waals surface area contributed by atoms with E-state index in [1.165, 1.54) is 0 Å². The van der Waals surface area contributed by atoms with Crippen molar-refractivity contribution < 1.29 is 9.59 Å². The van der Waals surface area contributed by atoms with Crippen LogP contribution in [0, 0.1) is 11.8 Å². The van der Waals surface area contributed by atoms with Gasteiger partial charge in [0.15, 0.2) is 0 Å². The lowest BCUT2D eigenvalue weighted by Gasteiger charge is -2.42. The van der Waals surface area contributed by atoms with Crippen LogP contribution in [0.25, 0.3) is 11.1 Å². The minimum Gasteiger partial charge on any atom is -0.294 e. The van der Waals surface area contributed by atoms with Gasteiger partial charge in [0.2, 0.25) is 11.8 Å². The standard InChI is InChI=1S/C21H26N4O2/c1-13(11-19(26)24-22)21(14(2)12-20(27)25-23)17-9-5-3-7-15(17)16-8-4-6-10-18(16)21/h3-10,13-14H,11-12,22-23H2,1-2H3,(H,24,26)(H,25,27). The molecule has 0 fully saturated rings. The smallest absolute Gasteiger partial charge is 0.234 e. The Bertz CT molecular complexity index is 793. The van der Waals surface area contributed by atoms with E-state index in [0.717, 1.165) is 22.3 Å². The molecule has 0 saturated heterocycles. The summed E-state index contributed by atoms with van der Waals surface area (Å²) in [7, 11) is 0. The molecule has 2 unspecified atom stereocenters. The van der Waals surface area contributed by atoms with Crippen LogP contribution in [0.5, 0.6) is 0 Å². The lowest BCUT2D eigenvalue weighted by molar-refractivity contribution is -0.123. The highest BCUT2D eigenvalue weighted by Gasteiger charge is 2.51. The van der Waals surface area contributed by atoms with E-state index < -0.39 is 5.41 Å². The zero-order chi connectivity index (χ0) is 19.6. The molecule has 0 radical (unpaired) electrons. The quantitative estimate of drug-likeness (QED) is 0.356. The second-order valence-electron chi connectivity index (χ2n) is 7.31. The van der Waals surface area contributed by atoms with Crippen molar-refractivity contribution in [3.8, 4) is 11.1 Å². The van der Waals surface area contributed by atoms with Gasteiger partial charge in [0.05, 0.1) is 0 Å².